The Hall–Kier alpha value is -2.66. The number of hydrogen-bond acceptors (Lipinski definition) is 4. The Kier molecular flexibility index (Phi) is 5.58. The van der Waals surface area contributed by atoms with Gasteiger partial charge in [0.15, 0.2) is 6.61 Å². The molecule has 0 bridgehead atoms. The van der Waals surface area contributed by atoms with Gasteiger partial charge in [-0.3, -0.25) is 9.79 Å². The quantitative estimate of drug-likeness (QED) is 0.795. The van der Waals surface area contributed by atoms with E-state index in [0.29, 0.717) is 32.1 Å². The number of carbonyl (C=O) groups excluding carboxylic acids is 1. The number of amides is 1. The van der Waals surface area contributed by atoms with Crippen LogP contribution in [0, 0.1) is 0 Å². The third-order valence-corrected chi connectivity index (χ3v) is 3.73. The Labute approximate surface area is 141 Å². The minimum atomic E-state index is -0.00647. The topological polar surface area (TPSA) is 51.1 Å². The van der Waals surface area contributed by atoms with Gasteiger partial charge in [0.2, 0.25) is 0 Å². The Morgan fingerprint density at radius 1 is 1.08 bits per heavy atom. The van der Waals surface area contributed by atoms with Gasteiger partial charge in [0.1, 0.15) is 5.75 Å². The van der Waals surface area contributed by atoms with Crippen molar-refractivity contribution in [3.63, 3.8) is 0 Å². The van der Waals surface area contributed by atoms with Gasteiger partial charge in [0.05, 0.1) is 18.9 Å². The maximum atomic E-state index is 12.0. The molecule has 24 heavy (non-hydrogen) atoms. The lowest BCUT2D eigenvalue weighted by molar-refractivity contribution is -0.137. The van der Waals surface area contributed by atoms with Crippen molar-refractivity contribution in [3.05, 3.63) is 60.2 Å². The van der Waals surface area contributed by atoms with Crippen molar-refractivity contribution in [1.29, 1.82) is 0 Å². The Bertz CT molecular complexity index is 678. The number of rotatable bonds is 5. The summed E-state index contributed by atoms with van der Waals surface area (Å²) in [5, 5.41) is 0. The smallest absolute Gasteiger partial charge is 0.260 e. The summed E-state index contributed by atoms with van der Waals surface area (Å²) in [6.07, 6.45) is 1.80. The number of carbonyl (C=O) groups is 1. The first-order valence-electron chi connectivity index (χ1n) is 7.99. The minimum Gasteiger partial charge on any atom is -0.484 e. The van der Waals surface area contributed by atoms with Gasteiger partial charge in [-0.05, 0) is 42.0 Å². The lowest BCUT2D eigenvalue weighted by Crippen LogP contribution is -2.42. The van der Waals surface area contributed by atoms with E-state index in [4.69, 9.17) is 9.47 Å². The molecule has 3 rings (SSSR count). The van der Waals surface area contributed by atoms with Crippen LogP contribution >= 0.6 is 0 Å². The highest BCUT2D eigenvalue weighted by Gasteiger charge is 2.16. The summed E-state index contributed by atoms with van der Waals surface area (Å²) in [7, 11) is 0. The van der Waals surface area contributed by atoms with E-state index in [1.165, 1.54) is 0 Å². The van der Waals surface area contributed by atoms with Gasteiger partial charge in [-0.25, -0.2) is 0 Å². The maximum Gasteiger partial charge on any atom is 0.260 e. The second kappa shape index (κ2) is 8.26. The van der Waals surface area contributed by atoms with Gasteiger partial charge in [0, 0.05) is 19.3 Å². The van der Waals surface area contributed by atoms with Gasteiger partial charge in [-0.2, -0.15) is 0 Å². The predicted molar refractivity (Wildman–Crippen MR) is 93.0 cm³/mol. The van der Waals surface area contributed by atoms with Gasteiger partial charge in [-0.15, -0.1) is 0 Å². The molecule has 1 aliphatic heterocycles. The third kappa shape index (κ3) is 4.67. The molecule has 0 spiro atoms. The first kappa shape index (κ1) is 16.2. The highest BCUT2D eigenvalue weighted by Crippen LogP contribution is 2.13. The maximum absolute atomic E-state index is 12.0. The molecule has 1 amide bonds. The van der Waals surface area contributed by atoms with Crippen molar-refractivity contribution < 1.29 is 14.3 Å². The molecule has 0 radical (unpaired) electrons. The van der Waals surface area contributed by atoms with Crippen LogP contribution < -0.4 is 4.74 Å². The van der Waals surface area contributed by atoms with Crippen LogP contribution in [0.1, 0.15) is 5.56 Å². The van der Waals surface area contributed by atoms with E-state index in [9.17, 15) is 4.79 Å². The minimum absolute atomic E-state index is 0.00647. The lowest BCUT2D eigenvalue weighted by atomic mass is 10.2. The van der Waals surface area contributed by atoms with E-state index in [1.807, 2.05) is 54.6 Å². The van der Waals surface area contributed by atoms with Crippen LogP contribution in [-0.2, 0) is 9.53 Å². The monoisotopic (exact) mass is 324 g/mol. The molecular weight excluding hydrogens is 304 g/mol. The number of aliphatic imine (C=N–C) groups is 1. The van der Waals surface area contributed by atoms with Crippen LogP contribution in [0.25, 0.3) is 0 Å². The fourth-order valence-electron chi connectivity index (χ4n) is 2.36. The molecule has 1 heterocycles. The van der Waals surface area contributed by atoms with E-state index in [2.05, 4.69) is 4.99 Å². The summed E-state index contributed by atoms with van der Waals surface area (Å²) in [6.45, 7) is 2.52. The zero-order chi connectivity index (χ0) is 16.6. The molecule has 0 N–H and O–H groups in total. The van der Waals surface area contributed by atoms with Crippen LogP contribution in [0.15, 0.2) is 59.6 Å². The van der Waals surface area contributed by atoms with Crippen LogP contribution in [0.3, 0.4) is 0 Å². The van der Waals surface area contributed by atoms with E-state index in [1.54, 1.807) is 11.1 Å². The summed E-state index contributed by atoms with van der Waals surface area (Å²) in [5.74, 6) is 0.668. The van der Waals surface area contributed by atoms with E-state index < -0.39 is 0 Å². The third-order valence-electron chi connectivity index (χ3n) is 3.73. The molecule has 0 aliphatic carbocycles. The van der Waals surface area contributed by atoms with E-state index >= 15 is 0 Å². The number of benzene rings is 2. The number of para-hydroxylation sites is 1. The molecule has 1 aliphatic rings. The highest BCUT2D eigenvalue weighted by molar-refractivity contribution is 5.82. The Morgan fingerprint density at radius 3 is 2.50 bits per heavy atom. The van der Waals surface area contributed by atoms with Crippen molar-refractivity contribution in [2.75, 3.05) is 32.9 Å². The molecule has 0 aromatic heterocycles. The van der Waals surface area contributed by atoms with Crippen LogP contribution in [-0.4, -0.2) is 49.9 Å². The highest BCUT2D eigenvalue weighted by atomic mass is 16.5. The van der Waals surface area contributed by atoms with Crippen molar-refractivity contribution in [2.45, 2.75) is 0 Å². The molecule has 1 saturated heterocycles. The summed E-state index contributed by atoms with van der Waals surface area (Å²) >= 11 is 0. The Morgan fingerprint density at radius 2 is 1.79 bits per heavy atom. The summed E-state index contributed by atoms with van der Waals surface area (Å²) in [5.41, 5.74) is 1.89. The van der Waals surface area contributed by atoms with Crippen molar-refractivity contribution in [3.8, 4) is 5.75 Å². The molecule has 0 atom stereocenters. The molecule has 0 saturated carbocycles. The van der Waals surface area contributed by atoms with Crippen molar-refractivity contribution >= 4 is 17.8 Å². The number of ether oxygens (including phenoxy) is 2. The van der Waals surface area contributed by atoms with Gasteiger partial charge < -0.3 is 14.4 Å². The van der Waals surface area contributed by atoms with E-state index in [0.717, 1.165) is 11.3 Å². The first-order valence-corrected chi connectivity index (χ1v) is 7.99. The molecule has 5 heteroatoms. The van der Waals surface area contributed by atoms with Gasteiger partial charge in [-0.1, -0.05) is 18.2 Å². The number of morpholine rings is 1. The zero-order valence-electron chi connectivity index (χ0n) is 13.4. The standard InChI is InChI=1S/C19H20N2O3/c22-19(21-10-12-23-13-11-21)15-24-18-8-6-16(7-9-18)14-20-17-4-2-1-3-5-17/h1-9,14H,10-13,15H2. The van der Waals surface area contributed by atoms with Gasteiger partial charge in [0.25, 0.3) is 5.91 Å². The summed E-state index contributed by atoms with van der Waals surface area (Å²) in [6, 6.07) is 17.3. The molecule has 0 unspecified atom stereocenters. The van der Waals surface area contributed by atoms with Crippen LogP contribution in [0.2, 0.25) is 0 Å². The Balaban J connectivity index is 1.51. The molecule has 5 nitrogen and oxygen atoms in total. The van der Waals surface area contributed by atoms with Crippen LogP contribution in [0.5, 0.6) is 5.75 Å². The van der Waals surface area contributed by atoms with Crippen LogP contribution in [0.4, 0.5) is 5.69 Å². The van der Waals surface area contributed by atoms with Crippen molar-refractivity contribution in [2.24, 2.45) is 4.99 Å². The molecule has 2 aromatic carbocycles. The fourth-order valence-corrected chi connectivity index (χ4v) is 2.36. The second-order valence-corrected chi connectivity index (χ2v) is 5.44. The number of hydrogen-bond donors (Lipinski definition) is 0. The first-order chi connectivity index (χ1) is 11.8. The normalized spacial score (nSPS) is 14.8. The fraction of sp³-hybridized carbons (Fsp3) is 0.263. The average molecular weight is 324 g/mol. The second-order valence-electron chi connectivity index (χ2n) is 5.44. The summed E-state index contributed by atoms with van der Waals surface area (Å²) < 4.78 is 10.8. The molecule has 1 fully saturated rings. The molecule has 124 valence electrons. The summed E-state index contributed by atoms with van der Waals surface area (Å²) in [4.78, 5) is 18.2. The molecular formula is C19H20N2O3. The lowest BCUT2D eigenvalue weighted by Gasteiger charge is -2.26. The largest absolute Gasteiger partial charge is 0.484 e. The number of nitrogens with zero attached hydrogens (tertiary/aromatic N) is 2. The average Bonchev–Trinajstić information content (AvgIpc) is 2.67. The predicted octanol–water partition coefficient (Wildman–Crippen LogP) is 2.67. The molecule has 2 aromatic rings. The van der Waals surface area contributed by atoms with E-state index in [-0.39, 0.29) is 12.5 Å². The van der Waals surface area contributed by atoms with Crippen molar-refractivity contribution in [1.82, 2.24) is 4.90 Å². The zero-order valence-corrected chi connectivity index (χ0v) is 13.4. The van der Waals surface area contributed by atoms with Gasteiger partial charge >= 0.3 is 0 Å². The SMILES string of the molecule is O=C(COc1ccc(C=Nc2ccccc2)cc1)N1CCOCC1.